The molecule has 18 heavy (non-hydrogen) atoms. The van der Waals surface area contributed by atoms with Crippen molar-refractivity contribution in [3.05, 3.63) is 0 Å². The number of unbranched alkanes of at least 4 members (excludes halogenated alkanes) is 9. The molecule has 1 atom stereocenters. The molecule has 0 saturated carbocycles. The second-order valence-corrected chi connectivity index (χ2v) is 5.15. The normalized spacial score (nSPS) is 12.6. The van der Waals surface area contributed by atoms with Gasteiger partial charge in [0, 0.05) is 13.0 Å². The van der Waals surface area contributed by atoms with Crippen molar-refractivity contribution in [3.8, 4) is 0 Å². The monoisotopic (exact) mass is 257 g/mol. The molecule has 0 fully saturated rings. The Morgan fingerprint density at radius 2 is 1.39 bits per heavy atom. The Labute approximate surface area is 112 Å². The zero-order chi connectivity index (χ0) is 13.6. The molecule has 0 aromatic carbocycles. The molecule has 0 aliphatic carbocycles. The number of carbonyl (C=O) groups is 1. The lowest BCUT2D eigenvalue weighted by atomic mass is 10.0. The van der Waals surface area contributed by atoms with Crippen molar-refractivity contribution in [2.75, 3.05) is 6.54 Å². The zero-order valence-corrected chi connectivity index (χ0v) is 12.0. The van der Waals surface area contributed by atoms with E-state index in [9.17, 15) is 9.90 Å². The number of aliphatic hydroxyl groups is 1. The number of hydrogen-bond donors (Lipinski definition) is 2. The van der Waals surface area contributed by atoms with Gasteiger partial charge in [-0.25, -0.2) is 0 Å². The van der Waals surface area contributed by atoms with Crippen LogP contribution in [0.5, 0.6) is 0 Å². The van der Waals surface area contributed by atoms with Gasteiger partial charge in [0.25, 0.3) is 0 Å². The van der Waals surface area contributed by atoms with Gasteiger partial charge in [-0.15, -0.1) is 0 Å². The fourth-order valence-corrected chi connectivity index (χ4v) is 2.08. The number of rotatable bonds is 13. The largest absolute Gasteiger partial charge is 0.384 e. The van der Waals surface area contributed by atoms with Gasteiger partial charge < -0.3 is 10.8 Å². The highest BCUT2D eigenvalue weighted by Gasteiger charge is 2.11. The third-order valence-corrected chi connectivity index (χ3v) is 3.37. The van der Waals surface area contributed by atoms with Crippen LogP contribution in [0.2, 0.25) is 0 Å². The molecule has 0 spiro atoms. The Kier molecular flexibility index (Phi) is 12.7. The van der Waals surface area contributed by atoms with Crippen LogP contribution in [0.25, 0.3) is 0 Å². The van der Waals surface area contributed by atoms with E-state index in [2.05, 4.69) is 6.92 Å². The quantitative estimate of drug-likeness (QED) is 0.498. The Hall–Kier alpha value is -0.410. The molecule has 0 aliphatic heterocycles. The van der Waals surface area contributed by atoms with Crippen LogP contribution in [0, 0.1) is 0 Å². The lowest BCUT2D eigenvalue weighted by Crippen LogP contribution is -2.28. The van der Waals surface area contributed by atoms with Crippen LogP contribution in [0.4, 0.5) is 0 Å². The van der Waals surface area contributed by atoms with Crippen LogP contribution in [0.15, 0.2) is 0 Å². The molecule has 1 unspecified atom stereocenters. The number of hydrogen-bond acceptors (Lipinski definition) is 3. The Bertz CT molecular complexity index is 195. The van der Waals surface area contributed by atoms with E-state index in [1.165, 1.54) is 51.4 Å². The van der Waals surface area contributed by atoms with Gasteiger partial charge in [0.05, 0.1) is 0 Å². The molecule has 108 valence electrons. The van der Waals surface area contributed by atoms with Gasteiger partial charge >= 0.3 is 0 Å². The first-order chi connectivity index (χ1) is 8.72. The average Bonchev–Trinajstić information content (AvgIpc) is 2.39. The lowest BCUT2D eigenvalue weighted by molar-refractivity contribution is -0.126. The zero-order valence-electron chi connectivity index (χ0n) is 12.0. The summed E-state index contributed by atoms with van der Waals surface area (Å²) in [7, 11) is 0. The summed E-state index contributed by atoms with van der Waals surface area (Å²) in [5, 5.41) is 9.20. The van der Waals surface area contributed by atoms with Crippen LogP contribution in [-0.4, -0.2) is 23.5 Å². The third kappa shape index (κ3) is 10.7. The fourth-order valence-electron chi connectivity index (χ4n) is 2.08. The minimum atomic E-state index is -0.941. The van der Waals surface area contributed by atoms with E-state index in [1.54, 1.807) is 0 Å². The average molecular weight is 257 g/mol. The highest BCUT2D eigenvalue weighted by atomic mass is 16.3. The van der Waals surface area contributed by atoms with Gasteiger partial charge in [-0.2, -0.15) is 0 Å². The SMILES string of the molecule is CCCCCCCCCCCCC(=O)C(O)CN. The van der Waals surface area contributed by atoms with Crippen molar-refractivity contribution in [3.63, 3.8) is 0 Å². The van der Waals surface area contributed by atoms with Crippen LogP contribution in [0.3, 0.4) is 0 Å². The molecule has 0 amide bonds. The molecule has 3 N–H and O–H groups in total. The van der Waals surface area contributed by atoms with Crippen molar-refractivity contribution in [2.24, 2.45) is 5.73 Å². The summed E-state index contributed by atoms with van der Waals surface area (Å²) in [6, 6.07) is 0. The summed E-state index contributed by atoms with van der Waals surface area (Å²) in [4.78, 5) is 11.3. The van der Waals surface area contributed by atoms with Crippen LogP contribution in [-0.2, 0) is 4.79 Å². The summed E-state index contributed by atoms with van der Waals surface area (Å²) < 4.78 is 0. The number of aliphatic hydroxyl groups excluding tert-OH is 1. The second-order valence-electron chi connectivity index (χ2n) is 5.15. The summed E-state index contributed by atoms with van der Waals surface area (Å²) in [5.74, 6) is -0.0999. The second kappa shape index (κ2) is 13.0. The molecule has 0 rings (SSSR count). The van der Waals surface area contributed by atoms with Crippen LogP contribution in [0.1, 0.15) is 77.6 Å². The molecule has 0 aliphatic rings. The predicted octanol–water partition coefficient (Wildman–Crippen LogP) is 3.19. The third-order valence-electron chi connectivity index (χ3n) is 3.37. The van der Waals surface area contributed by atoms with Gasteiger partial charge in [0.2, 0.25) is 0 Å². The molecular formula is C15H31NO2. The van der Waals surface area contributed by atoms with Gasteiger partial charge in [0.1, 0.15) is 6.10 Å². The topological polar surface area (TPSA) is 63.3 Å². The van der Waals surface area contributed by atoms with E-state index < -0.39 is 6.10 Å². The van der Waals surface area contributed by atoms with E-state index >= 15 is 0 Å². The van der Waals surface area contributed by atoms with E-state index in [-0.39, 0.29) is 12.3 Å². The van der Waals surface area contributed by atoms with Gasteiger partial charge in [0.15, 0.2) is 5.78 Å². The number of Topliss-reactive ketones (excluding diaryl/α,β-unsaturated/α-hetero) is 1. The number of nitrogens with two attached hydrogens (primary N) is 1. The summed E-state index contributed by atoms with van der Waals surface area (Å²) >= 11 is 0. The Morgan fingerprint density at radius 1 is 0.944 bits per heavy atom. The molecule has 0 aromatic rings. The molecule has 3 heteroatoms. The Balaban J connectivity index is 3.14. The lowest BCUT2D eigenvalue weighted by Gasteiger charge is -2.06. The maximum atomic E-state index is 11.3. The maximum absolute atomic E-state index is 11.3. The molecule has 3 nitrogen and oxygen atoms in total. The van der Waals surface area contributed by atoms with Crippen LogP contribution < -0.4 is 5.73 Å². The molecule has 0 bridgehead atoms. The first-order valence-corrected chi connectivity index (χ1v) is 7.63. The van der Waals surface area contributed by atoms with Crippen molar-refractivity contribution in [1.29, 1.82) is 0 Å². The van der Waals surface area contributed by atoms with Crippen molar-refractivity contribution >= 4 is 5.78 Å². The highest BCUT2D eigenvalue weighted by molar-refractivity contribution is 5.82. The van der Waals surface area contributed by atoms with Crippen molar-refractivity contribution in [1.82, 2.24) is 0 Å². The molecule has 0 aromatic heterocycles. The first-order valence-electron chi connectivity index (χ1n) is 7.63. The smallest absolute Gasteiger partial charge is 0.162 e. The van der Waals surface area contributed by atoms with Crippen molar-refractivity contribution < 1.29 is 9.90 Å². The first kappa shape index (κ1) is 17.6. The maximum Gasteiger partial charge on any atom is 0.162 e. The van der Waals surface area contributed by atoms with Gasteiger partial charge in [-0.1, -0.05) is 64.7 Å². The minimum Gasteiger partial charge on any atom is -0.384 e. The van der Waals surface area contributed by atoms with E-state index in [1.807, 2.05) is 0 Å². The molecular weight excluding hydrogens is 226 g/mol. The van der Waals surface area contributed by atoms with Gasteiger partial charge in [-0.3, -0.25) is 4.79 Å². The highest BCUT2D eigenvalue weighted by Crippen LogP contribution is 2.11. The van der Waals surface area contributed by atoms with Crippen LogP contribution >= 0.6 is 0 Å². The number of ketones is 1. The predicted molar refractivity (Wildman–Crippen MR) is 76.5 cm³/mol. The minimum absolute atomic E-state index is 0.0522. The van der Waals surface area contributed by atoms with Gasteiger partial charge in [-0.05, 0) is 6.42 Å². The summed E-state index contributed by atoms with van der Waals surface area (Å²) in [5.41, 5.74) is 5.22. The fraction of sp³-hybridized carbons (Fsp3) is 0.933. The number of carbonyl (C=O) groups excluding carboxylic acids is 1. The summed E-state index contributed by atoms with van der Waals surface area (Å²) in [6.45, 7) is 2.29. The Morgan fingerprint density at radius 3 is 1.83 bits per heavy atom. The van der Waals surface area contributed by atoms with E-state index in [4.69, 9.17) is 5.73 Å². The molecule has 0 heterocycles. The molecule has 0 saturated heterocycles. The van der Waals surface area contributed by atoms with Crippen molar-refractivity contribution in [2.45, 2.75) is 83.7 Å². The summed E-state index contributed by atoms with van der Waals surface area (Å²) in [6.07, 6.45) is 12.1. The van der Waals surface area contributed by atoms with E-state index in [0.29, 0.717) is 6.42 Å². The molecule has 0 radical (unpaired) electrons. The standard InChI is InChI=1S/C15H31NO2/c1-2-3-4-5-6-7-8-9-10-11-12-14(17)15(18)13-16/h15,18H,2-13,16H2,1H3. The van der Waals surface area contributed by atoms with E-state index in [0.717, 1.165) is 12.8 Å².